The fraction of sp³-hybridized carbons (Fsp3) is 0.481. The van der Waals surface area contributed by atoms with E-state index in [0.29, 0.717) is 49.6 Å². The molecule has 0 atom stereocenters. The minimum atomic E-state index is -0.566. The van der Waals surface area contributed by atoms with Crippen LogP contribution in [0.2, 0.25) is 0 Å². The lowest BCUT2D eigenvalue weighted by Crippen LogP contribution is -2.47. The summed E-state index contributed by atoms with van der Waals surface area (Å²) < 4.78 is 32.0. The molecule has 2 heterocycles. The second kappa shape index (κ2) is 10.6. The lowest BCUT2D eigenvalue weighted by molar-refractivity contribution is 0.0200. The molecule has 2 aliphatic heterocycles. The van der Waals surface area contributed by atoms with Crippen LogP contribution in [-0.4, -0.2) is 62.0 Å². The molecule has 2 aromatic rings. The van der Waals surface area contributed by atoms with E-state index in [1.165, 1.54) is 11.0 Å². The summed E-state index contributed by atoms with van der Waals surface area (Å²) in [6.07, 6.45) is 0.444. The zero-order valence-electron chi connectivity index (χ0n) is 21.3. The highest BCUT2D eigenvalue weighted by molar-refractivity contribution is 5.92. The molecule has 9 heteroatoms. The number of hydrogen-bond donors (Lipinski definition) is 0. The molecular formula is C27H34FN3O5. The van der Waals surface area contributed by atoms with Gasteiger partial charge in [-0.1, -0.05) is 30.3 Å². The zero-order valence-corrected chi connectivity index (χ0v) is 21.3. The largest absolute Gasteiger partial charge is 0.487 e. The molecular weight excluding hydrogens is 465 g/mol. The van der Waals surface area contributed by atoms with E-state index in [9.17, 15) is 9.59 Å². The number of ether oxygens (including phenoxy) is 3. The Morgan fingerprint density at radius 3 is 2.44 bits per heavy atom. The second-order valence-electron chi connectivity index (χ2n) is 10.1. The first-order chi connectivity index (χ1) is 17.1. The molecule has 0 aromatic heterocycles. The number of carbonyl (C=O) groups is 2. The van der Waals surface area contributed by atoms with Gasteiger partial charge in [0.05, 0.1) is 12.2 Å². The van der Waals surface area contributed by atoms with Crippen LogP contribution >= 0.6 is 0 Å². The van der Waals surface area contributed by atoms with Crippen molar-refractivity contribution in [1.29, 1.82) is 0 Å². The Morgan fingerprint density at radius 2 is 1.78 bits per heavy atom. The standard InChI is InChI=1S/C27H34FN3O5/c1-27(2,3)36-25(32)29(4)20-12-14-30(15-13-20)23-21(28)10-11-22-24(23)34-17-16-31(22)26(33)35-18-19-8-6-5-7-9-19/h5-11,20H,12-18H2,1-4H3. The minimum Gasteiger partial charge on any atom is -0.487 e. The number of hydrogen-bond acceptors (Lipinski definition) is 6. The Bertz CT molecular complexity index is 1080. The van der Waals surface area contributed by atoms with Gasteiger partial charge in [0.1, 0.15) is 30.3 Å². The van der Waals surface area contributed by atoms with Gasteiger partial charge >= 0.3 is 12.2 Å². The molecule has 4 rings (SSSR count). The van der Waals surface area contributed by atoms with Gasteiger partial charge in [-0.15, -0.1) is 0 Å². The summed E-state index contributed by atoms with van der Waals surface area (Å²) in [5, 5.41) is 0. The number of piperidine rings is 1. The molecule has 1 saturated heterocycles. The topological polar surface area (TPSA) is 71.6 Å². The normalized spacial score (nSPS) is 16.1. The first kappa shape index (κ1) is 25.6. The van der Waals surface area contributed by atoms with Gasteiger partial charge in [0.25, 0.3) is 0 Å². The van der Waals surface area contributed by atoms with E-state index in [-0.39, 0.29) is 25.3 Å². The van der Waals surface area contributed by atoms with Crippen LogP contribution in [0.5, 0.6) is 5.75 Å². The summed E-state index contributed by atoms with van der Waals surface area (Å²) in [6.45, 7) is 7.28. The lowest BCUT2D eigenvalue weighted by atomic mass is 10.0. The molecule has 2 amide bonds. The third kappa shape index (κ3) is 5.83. The van der Waals surface area contributed by atoms with Crippen LogP contribution in [0.3, 0.4) is 0 Å². The van der Waals surface area contributed by atoms with Crippen molar-refractivity contribution in [3.63, 3.8) is 0 Å². The number of benzene rings is 2. The number of nitrogens with zero attached hydrogens (tertiary/aromatic N) is 3. The number of amides is 2. The lowest BCUT2D eigenvalue weighted by Gasteiger charge is -2.39. The molecule has 0 saturated carbocycles. The summed E-state index contributed by atoms with van der Waals surface area (Å²) in [6, 6.07) is 12.4. The van der Waals surface area contributed by atoms with Crippen molar-refractivity contribution in [2.75, 3.05) is 43.1 Å². The molecule has 2 aromatic carbocycles. The predicted molar refractivity (Wildman–Crippen MR) is 135 cm³/mol. The molecule has 1 fully saturated rings. The van der Waals surface area contributed by atoms with E-state index in [2.05, 4.69) is 0 Å². The van der Waals surface area contributed by atoms with Crippen molar-refractivity contribution in [2.24, 2.45) is 0 Å². The molecule has 0 bridgehead atoms. The maximum absolute atomic E-state index is 15.1. The molecule has 0 unspecified atom stereocenters. The Kier molecular flexibility index (Phi) is 7.56. The number of fused-ring (bicyclic) bond motifs is 1. The predicted octanol–water partition coefficient (Wildman–Crippen LogP) is 5.20. The van der Waals surface area contributed by atoms with Crippen LogP contribution in [0, 0.1) is 5.82 Å². The van der Waals surface area contributed by atoms with Gasteiger partial charge in [0.15, 0.2) is 5.75 Å². The second-order valence-corrected chi connectivity index (χ2v) is 10.1. The summed E-state index contributed by atoms with van der Waals surface area (Å²) in [5.74, 6) is -0.0657. The van der Waals surface area contributed by atoms with E-state index < -0.39 is 17.5 Å². The first-order valence-electron chi connectivity index (χ1n) is 12.3. The summed E-state index contributed by atoms with van der Waals surface area (Å²) >= 11 is 0. The van der Waals surface area contributed by atoms with Crippen LogP contribution in [0.4, 0.5) is 25.4 Å². The van der Waals surface area contributed by atoms with Gasteiger partial charge < -0.3 is 24.0 Å². The average molecular weight is 500 g/mol. The third-order valence-electron chi connectivity index (χ3n) is 6.35. The zero-order chi connectivity index (χ0) is 25.9. The minimum absolute atomic E-state index is 0.0101. The van der Waals surface area contributed by atoms with E-state index in [4.69, 9.17) is 14.2 Å². The number of carbonyl (C=O) groups excluding carboxylic acids is 2. The molecule has 0 radical (unpaired) electrons. The van der Waals surface area contributed by atoms with E-state index >= 15 is 4.39 Å². The maximum Gasteiger partial charge on any atom is 0.414 e. The first-order valence-corrected chi connectivity index (χ1v) is 12.3. The van der Waals surface area contributed by atoms with Crippen LogP contribution in [0.1, 0.15) is 39.2 Å². The van der Waals surface area contributed by atoms with E-state index in [0.717, 1.165) is 5.56 Å². The van der Waals surface area contributed by atoms with Gasteiger partial charge in [-0.3, -0.25) is 4.90 Å². The molecule has 8 nitrogen and oxygen atoms in total. The highest BCUT2D eigenvalue weighted by Crippen LogP contribution is 2.43. The van der Waals surface area contributed by atoms with Crippen LogP contribution in [0.25, 0.3) is 0 Å². The van der Waals surface area contributed by atoms with Gasteiger partial charge in [-0.2, -0.15) is 0 Å². The Labute approximate surface area is 211 Å². The molecule has 0 aliphatic carbocycles. The van der Waals surface area contributed by atoms with Crippen molar-refractivity contribution < 1.29 is 28.2 Å². The highest BCUT2D eigenvalue weighted by atomic mass is 19.1. The Morgan fingerprint density at radius 1 is 1.08 bits per heavy atom. The molecule has 36 heavy (non-hydrogen) atoms. The van der Waals surface area contributed by atoms with Crippen molar-refractivity contribution in [3.8, 4) is 5.75 Å². The van der Waals surface area contributed by atoms with Gasteiger partial charge in [-0.25, -0.2) is 14.0 Å². The Hall–Kier alpha value is -3.49. The fourth-order valence-electron chi connectivity index (χ4n) is 4.49. The van der Waals surface area contributed by atoms with Crippen LogP contribution in [0.15, 0.2) is 42.5 Å². The monoisotopic (exact) mass is 499 g/mol. The molecule has 0 N–H and O–H groups in total. The Balaban J connectivity index is 1.45. The fourth-order valence-corrected chi connectivity index (χ4v) is 4.49. The quantitative estimate of drug-likeness (QED) is 0.576. The van der Waals surface area contributed by atoms with Crippen LogP contribution < -0.4 is 14.5 Å². The molecule has 194 valence electrons. The molecule has 2 aliphatic rings. The van der Waals surface area contributed by atoms with Gasteiger partial charge in [0.2, 0.25) is 0 Å². The summed E-state index contributed by atoms with van der Waals surface area (Å²) in [4.78, 5) is 30.4. The highest BCUT2D eigenvalue weighted by Gasteiger charge is 2.34. The smallest absolute Gasteiger partial charge is 0.414 e. The SMILES string of the molecule is CN(C(=O)OC(C)(C)C)C1CCN(c2c(F)ccc3c2OCCN3C(=O)OCc2ccccc2)CC1. The number of anilines is 2. The van der Waals surface area contributed by atoms with E-state index in [1.54, 1.807) is 18.0 Å². The van der Waals surface area contributed by atoms with E-state index in [1.807, 2.05) is 56.0 Å². The van der Waals surface area contributed by atoms with Crippen molar-refractivity contribution in [3.05, 3.63) is 53.8 Å². The summed E-state index contributed by atoms with van der Waals surface area (Å²) in [5.41, 5.74) is 1.15. The van der Waals surface area contributed by atoms with Crippen molar-refractivity contribution >= 4 is 23.6 Å². The van der Waals surface area contributed by atoms with Crippen molar-refractivity contribution in [1.82, 2.24) is 4.90 Å². The number of halogens is 1. The average Bonchev–Trinajstić information content (AvgIpc) is 2.86. The van der Waals surface area contributed by atoms with Gasteiger partial charge in [0, 0.05) is 26.2 Å². The van der Waals surface area contributed by atoms with Crippen molar-refractivity contribution in [2.45, 2.75) is 51.9 Å². The number of rotatable bonds is 4. The van der Waals surface area contributed by atoms with Crippen LogP contribution in [-0.2, 0) is 16.1 Å². The molecule has 0 spiro atoms. The maximum atomic E-state index is 15.1. The van der Waals surface area contributed by atoms with Gasteiger partial charge in [-0.05, 0) is 51.3 Å². The summed E-state index contributed by atoms with van der Waals surface area (Å²) in [7, 11) is 1.74. The third-order valence-corrected chi connectivity index (χ3v) is 6.35.